The number of ether oxygens (including phenoxy) is 2. The van der Waals surface area contributed by atoms with E-state index in [0.29, 0.717) is 25.1 Å². The number of amides is 1. The summed E-state index contributed by atoms with van der Waals surface area (Å²) < 4.78 is 10.5. The summed E-state index contributed by atoms with van der Waals surface area (Å²) in [5.41, 5.74) is 4.76. The zero-order valence-electron chi connectivity index (χ0n) is 15.4. The van der Waals surface area contributed by atoms with Crippen LogP contribution >= 0.6 is 0 Å². The van der Waals surface area contributed by atoms with E-state index in [2.05, 4.69) is 6.92 Å². The van der Waals surface area contributed by atoms with E-state index in [1.807, 2.05) is 31.2 Å². The van der Waals surface area contributed by atoms with E-state index in [1.165, 1.54) is 18.2 Å². The van der Waals surface area contributed by atoms with Crippen LogP contribution in [0.2, 0.25) is 0 Å². The van der Waals surface area contributed by atoms with Crippen molar-refractivity contribution in [2.75, 3.05) is 25.2 Å². The first kappa shape index (κ1) is 18.0. The van der Waals surface area contributed by atoms with E-state index in [-0.39, 0.29) is 11.9 Å². The van der Waals surface area contributed by atoms with Gasteiger partial charge >= 0.3 is 5.97 Å². The Hall–Kier alpha value is -2.82. The maximum Gasteiger partial charge on any atom is 0.337 e. The maximum atomic E-state index is 12.5. The Kier molecular flexibility index (Phi) is 5.26. The van der Waals surface area contributed by atoms with Crippen molar-refractivity contribution < 1.29 is 19.1 Å². The van der Waals surface area contributed by atoms with E-state index in [0.717, 1.165) is 23.4 Å². The van der Waals surface area contributed by atoms with Gasteiger partial charge in [0.1, 0.15) is 5.75 Å². The lowest BCUT2D eigenvalue weighted by Crippen LogP contribution is -2.30. The van der Waals surface area contributed by atoms with Gasteiger partial charge in [0.2, 0.25) is 5.91 Å². The van der Waals surface area contributed by atoms with Gasteiger partial charge < -0.3 is 14.4 Å². The minimum atomic E-state index is -0.362. The third kappa shape index (κ3) is 3.72. The fourth-order valence-electron chi connectivity index (χ4n) is 3.10. The Morgan fingerprint density at radius 2 is 1.88 bits per heavy atom. The van der Waals surface area contributed by atoms with Crippen LogP contribution in [0.3, 0.4) is 0 Å². The van der Waals surface area contributed by atoms with Gasteiger partial charge in [0, 0.05) is 12.2 Å². The molecule has 136 valence electrons. The molecule has 0 saturated heterocycles. The molecule has 1 heterocycles. The number of hydrogen-bond acceptors (Lipinski definition) is 4. The Balaban J connectivity index is 1.60. The summed E-state index contributed by atoms with van der Waals surface area (Å²) in [5.74, 6) is 0.447. The van der Waals surface area contributed by atoms with Crippen LogP contribution < -0.4 is 9.64 Å². The third-order valence-electron chi connectivity index (χ3n) is 4.76. The summed E-state index contributed by atoms with van der Waals surface area (Å²) in [6, 6.07) is 11.2. The highest BCUT2D eigenvalue weighted by molar-refractivity contribution is 5.97. The van der Waals surface area contributed by atoms with Gasteiger partial charge in [-0.25, -0.2) is 4.79 Å². The molecule has 0 bridgehead atoms. The fraction of sp³-hybridized carbons (Fsp3) is 0.333. The summed E-state index contributed by atoms with van der Waals surface area (Å²) >= 11 is 0. The van der Waals surface area contributed by atoms with Crippen molar-refractivity contribution in [1.29, 1.82) is 0 Å². The van der Waals surface area contributed by atoms with Crippen LogP contribution in [0.25, 0.3) is 0 Å². The van der Waals surface area contributed by atoms with Crippen molar-refractivity contribution in [2.45, 2.75) is 26.7 Å². The average molecular weight is 353 g/mol. The van der Waals surface area contributed by atoms with Gasteiger partial charge in [-0.1, -0.05) is 6.07 Å². The lowest BCUT2D eigenvalue weighted by Gasteiger charge is -2.18. The monoisotopic (exact) mass is 353 g/mol. The molecular formula is C21H23NO4. The van der Waals surface area contributed by atoms with Crippen molar-refractivity contribution in [3.05, 3.63) is 58.7 Å². The number of anilines is 1. The molecule has 2 aromatic carbocycles. The van der Waals surface area contributed by atoms with Crippen LogP contribution in [-0.4, -0.2) is 32.1 Å². The predicted molar refractivity (Wildman–Crippen MR) is 99.9 cm³/mol. The Bertz CT molecular complexity index is 844. The predicted octanol–water partition coefficient (Wildman–Crippen LogP) is 3.45. The summed E-state index contributed by atoms with van der Waals surface area (Å²) in [4.78, 5) is 25.9. The number of methoxy groups -OCH3 is 1. The molecule has 0 radical (unpaired) electrons. The molecule has 0 aliphatic carbocycles. The number of hydrogen-bond donors (Lipinski definition) is 0. The zero-order valence-corrected chi connectivity index (χ0v) is 15.4. The van der Waals surface area contributed by atoms with Gasteiger partial charge in [-0.15, -0.1) is 0 Å². The molecule has 0 spiro atoms. The van der Waals surface area contributed by atoms with E-state index < -0.39 is 0 Å². The molecule has 26 heavy (non-hydrogen) atoms. The smallest absolute Gasteiger partial charge is 0.337 e. The Morgan fingerprint density at radius 3 is 2.62 bits per heavy atom. The second-order valence-corrected chi connectivity index (χ2v) is 6.47. The van der Waals surface area contributed by atoms with E-state index in [1.54, 1.807) is 17.0 Å². The van der Waals surface area contributed by atoms with E-state index in [4.69, 9.17) is 9.47 Å². The van der Waals surface area contributed by atoms with Crippen LogP contribution in [0.4, 0.5) is 5.69 Å². The standard InChI is InChI=1S/C21H23NO4/c1-14-4-6-18(12-15(14)2)26-11-9-20(23)22-10-8-16-13-17(21(24)25-3)5-7-19(16)22/h4-7,12-13H,8-11H2,1-3H3. The molecule has 2 aromatic rings. The normalized spacial score (nSPS) is 12.7. The number of benzene rings is 2. The topological polar surface area (TPSA) is 55.8 Å². The van der Waals surface area contributed by atoms with E-state index in [9.17, 15) is 9.59 Å². The minimum Gasteiger partial charge on any atom is -0.493 e. The molecular weight excluding hydrogens is 330 g/mol. The summed E-state index contributed by atoms with van der Waals surface area (Å²) in [6.07, 6.45) is 1.05. The van der Waals surface area contributed by atoms with Crippen molar-refractivity contribution in [2.24, 2.45) is 0 Å². The number of fused-ring (bicyclic) bond motifs is 1. The molecule has 0 fully saturated rings. The van der Waals surface area contributed by atoms with Crippen molar-refractivity contribution >= 4 is 17.6 Å². The van der Waals surface area contributed by atoms with Crippen molar-refractivity contribution in [1.82, 2.24) is 0 Å². The molecule has 1 aliphatic heterocycles. The zero-order chi connectivity index (χ0) is 18.7. The number of carbonyl (C=O) groups is 2. The molecule has 0 atom stereocenters. The summed E-state index contributed by atoms with van der Waals surface area (Å²) in [5, 5.41) is 0. The second-order valence-electron chi connectivity index (χ2n) is 6.47. The number of carbonyl (C=O) groups excluding carboxylic acids is 2. The minimum absolute atomic E-state index is 0.0263. The lowest BCUT2D eigenvalue weighted by atomic mass is 10.1. The maximum absolute atomic E-state index is 12.5. The van der Waals surface area contributed by atoms with Gasteiger partial charge in [-0.05, 0) is 67.3 Å². The molecule has 5 nitrogen and oxygen atoms in total. The van der Waals surface area contributed by atoms with Gasteiger partial charge in [0.25, 0.3) is 0 Å². The Labute approximate surface area is 153 Å². The van der Waals surface area contributed by atoms with Gasteiger partial charge in [-0.3, -0.25) is 4.79 Å². The lowest BCUT2D eigenvalue weighted by molar-refractivity contribution is -0.119. The quantitative estimate of drug-likeness (QED) is 0.773. The number of aryl methyl sites for hydroxylation is 2. The average Bonchev–Trinajstić information content (AvgIpc) is 3.07. The highest BCUT2D eigenvalue weighted by atomic mass is 16.5. The first-order chi connectivity index (χ1) is 12.5. The van der Waals surface area contributed by atoms with Crippen LogP contribution in [0.5, 0.6) is 5.75 Å². The van der Waals surface area contributed by atoms with E-state index >= 15 is 0 Å². The summed E-state index contributed by atoms with van der Waals surface area (Å²) in [6.45, 7) is 5.06. The number of rotatable bonds is 5. The number of esters is 1. The van der Waals surface area contributed by atoms with Crippen LogP contribution in [0.15, 0.2) is 36.4 Å². The fourth-order valence-corrected chi connectivity index (χ4v) is 3.10. The Morgan fingerprint density at radius 1 is 1.08 bits per heavy atom. The highest BCUT2D eigenvalue weighted by Crippen LogP contribution is 2.29. The molecule has 3 rings (SSSR count). The molecule has 1 aliphatic rings. The third-order valence-corrected chi connectivity index (χ3v) is 4.76. The number of nitrogens with zero attached hydrogens (tertiary/aromatic N) is 1. The molecule has 0 aromatic heterocycles. The molecule has 1 amide bonds. The second kappa shape index (κ2) is 7.60. The van der Waals surface area contributed by atoms with Crippen molar-refractivity contribution in [3.8, 4) is 5.75 Å². The van der Waals surface area contributed by atoms with Crippen LogP contribution in [0, 0.1) is 13.8 Å². The van der Waals surface area contributed by atoms with Crippen LogP contribution in [0.1, 0.15) is 33.5 Å². The molecule has 0 unspecified atom stereocenters. The van der Waals surface area contributed by atoms with Gasteiger partial charge in [0.05, 0.1) is 25.7 Å². The van der Waals surface area contributed by atoms with Crippen LogP contribution in [-0.2, 0) is 16.0 Å². The van der Waals surface area contributed by atoms with Gasteiger partial charge in [-0.2, -0.15) is 0 Å². The molecule has 0 saturated carbocycles. The SMILES string of the molecule is COC(=O)c1ccc2c(c1)CCN2C(=O)CCOc1ccc(C)c(C)c1. The van der Waals surface area contributed by atoms with Crippen molar-refractivity contribution in [3.63, 3.8) is 0 Å². The first-order valence-corrected chi connectivity index (χ1v) is 8.71. The van der Waals surface area contributed by atoms with Gasteiger partial charge in [0.15, 0.2) is 0 Å². The molecule has 0 N–H and O–H groups in total. The highest BCUT2D eigenvalue weighted by Gasteiger charge is 2.25. The first-order valence-electron chi connectivity index (χ1n) is 8.71. The molecule has 5 heteroatoms. The summed E-state index contributed by atoms with van der Waals surface area (Å²) in [7, 11) is 1.36. The largest absolute Gasteiger partial charge is 0.493 e.